The molecule has 0 aromatic heterocycles. The Labute approximate surface area is 313 Å². The highest BCUT2D eigenvalue weighted by Crippen LogP contribution is 2.48. The molecule has 0 spiro atoms. The number of hydrogen-bond acceptors (Lipinski definition) is 2. The molecule has 0 saturated carbocycles. The Bertz CT molecular complexity index is 2940. The molecule has 0 unspecified atom stereocenters. The van der Waals surface area contributed by atoms with Crippen molar-refractivity contribution in [2.75, 3.05) is 9.80 Å². The lowest BCUT2D eigenvalue weighted by atomic mass is 9.88. The van der Waals surface area contributed by atoms with Gasteiger partial charge in [-0.1, -0.05) is 146 Å². The summed E-state index contributed by atoms with van der Waals surface area (Å²) in [7, 11) is 0. The zero-order chi connectivity index (χ0) is 35.6. The van der Waals surface area contributed by atoms with Crippen molar-refractivity contribution in [1.82, 2.24) is 0 Å². The summed E-state index contributed by atoms with van der Waals surface area (Å²) in [4.78, 5) is 4.84. The lowest BCUT2D eigenvalue weighted by molar-refractivity contribution is 1.31. The van der Waals surface area contributed by atoms with Gasteiger partial charge in [0.2, 0.25) is 0 Å². The quantitative estimate of drug-likeness (QED) is 0.127. The van der Waals surface area contributed by atoms with Crippen LogP contribution in [0.2, 0.25) is 0 Å². The second-order valence-electron chi connectivity index (χ2n) is 14.1. The van der Waals surface area contributed by atoms with Crippen LogP contribution in [-0.4, -0.2) is 0 Å². The smallest absolute Gasteiger partial charge is 0.0540 e. The van der Waals surface area contributed by atoms with Gasteiger partial charge in [0.1, 0.15) is 0 Å². The van der Waals surface area contributed by atoms with Gasteiger partial charge in [-0.05, 0) is 115 Å². The van der Waals surface area contributed by atoms with Crippen LogP contribution < -0.4 is 9.80 Å². The summed E-state index contributed by atoms with van der Waals surface area (Å²) in [5.41, 5.74) is 6.86. The van der Waals surface area contributed by atoms with Gasteiger partial charge in [-0.25, -0.2) is 0 Å². The van der Waals surface area contributed by atoms with Crippen molar-refractivity contribution in [3.63, 3.8) is 0 Å². The Morgan fingerprint density at radius 3 is 1.04 bits per heavy atom. The molecule has 0 heterocycles. The van der Waals surface area contributed by atoms with Crippen molar-refractivity contribution in [2.24, 2.45) is 0 Å². The molecule has 0 bridgehead atoms. The SMILES string of the molecule is c1ccc(N(c2cc3cccc4c5cc(N(c6ccccc6)c6cccc7ccccc67)cc6cccc(c(c2)c34)c65)c2cccc3ccccc23)cc1. The van der Waals surface area contributed by atoms with Gasteiger partial charge in [0, 0.05) is 33.5 Å². The molecular formula is C52H34N2. The predicted molar refractivity (Wildman–Crippen MR) is 232 cm³/mol. The minimum Gasteiger partial charge on any atom is -0.310 e. The fraction of sp³-hybridized carbons (Fsp3) is 0. The minimum absolute atomic E-state index is 1.13. The Hall–Kier alpha value is -7.16. The van der Waals surface area contributed by atoms with Crippen LogP contribution in [0.25, 0.3) is 64.6 Å². The zero-order valence-corrected chi connectivity index (χ0v) is 29.5. The lowest BCUT2D eigenvalue weighted by Crippen LogP contribution is -2.11. The van der Waals surface area contributed by atoms with E-state index in [0.29, 0.717) is 0 Å². The maximum Gasteiger partial charge on any atom is 0.0540 e. The third kappa shape index (κ3) is 4.74. The van der Waals surface area contributed by atoms with Crippen LogP contribution in [0.3, 0.4) is 0 Å². The summed E-state index contributed by atoms with van der Waals surface area (Å²) >= 11 is 0. The summed E-state index contributed by atoms with van der Waals surface area (Å²) in [5.74, 6) is 0. The maximum absolute atomic E-state index is 2.42. The molecule has 252 valence electrons. The van der Waals surface area contributed by atoms with E-state index in [0.717, 1.165) is 34.1 Å². The van der Waals surface area contributed by atoms with Gasteiger partial charge in [0.05, 0.1) is 11.4 Å². The first-order chi connectivity index (χ1) is 26.8. The van der Waals surface area contributed by atoms with Gasteiger partial charge in [-0.15, -0.1) is 0 Å². The first-order valence-electron chi connectivity index (χ1n) is 18.6. The average molecular weight is 687 g/mol. The largest absolute Gasteiger partial charge is 0.310 e. The van der Waals surface area contributed by atoms with E-state index >= 15 is 0 Å². The van der Waals surface area contributed by atoms with Crippen molar-refractivity contribution in [3.05, 3.63) is 206 Å². The van der Waals surface area contributed by atoms with E-state index < -0.39 is 0 Å². The first-order valence-corrected chi connectivity index (χ1v) is 18.6. The third-order valence-corrected chi connectivity index (χ3v) is 11.1. The fourth-order valence-electron chi connectivity index (χ4n) is 8.77. The van der Waals surface area contributed by atoms with Crippen LogP contribution in [0.15, 0.2) is 206 Å². The number of anilines is 6. The van der Waals surface area contributed by atoms with Gasteiger partial charge >= 0.3 is 0 Å². The number of hydrogen-bond donors (Lipinski definition) is 0. The lowest BCUT2D eigenvalue weighted by Gasteiger charge is -2.29. The highest BCUT2D eigenvalue weighted by atomic mass is 15.1. The molecule has 0 fully saturated rings. The van der Waals surface area contributed by atoms with E-state index in [-0.39, 0.29) is 0 Å². The number of para-hydroxylation sites is 2. The van der Waals surface area contributed by atoms with Gasteiger partial charge in [-0.2, -0.15) is 0 Å². The van der Waals surface area contributed by atoms with Crippen molar-refractivity contribution in [3.8, 4) is 0 Å². The van der Waals surface area contributed by atoms with Gasteiger partial charge in [0.25, 0.3) is 0 Å². The molecule has 11 aromatic carbocycles. The van der Waals surface area contributed by atoms with E-state index in [4.69, 9.17) is 0 Å². The van der Waals surface area contributed by atoms with Gasteiger partial charge < -0.3 is 9.80 Å². The van der Waals surface area contributed by atoms with Crippen molar-refractivity contribution >= 4 is 98.8 Å². The van der Waals surface area contributed by atoms with E-state index in [2.05, 4.69) is 216 Å². The monoisotopic (exact) mass is 686 g/mol. The van der Waals surface area contributed by atoms with Crippen molar-refractivity contribution in [1.29, 1.82) is 0 Å². The summed E-state index contributed by atoms with van der Waals surface area (Å²) in [6.45, 7) is 0. The molecule has 11 aromatic rings. The maximum atomic E-state index is 2.42. The number of rotatable bonds is 6. The predicted octanol–water partition coefficient (Wildman–Crippen LogP) is 15.0. The highest BCUT2D eigenvalue weighted by molar-refractivity contribution is 6.34. The molecule has 0 amide bonds. The highest BCUT2D eigenvalue weighted by Gasteiger charge is 2.22. The van der Waals surface area contributed by atoms with Crippen LogP contribution in [0.1, 0.15) is 0 Å². The molecule has 0 radical (unpaired) electrons. The Morgan fingerprint density at radius 2 is 0.574 bits per heavy atom. The van der Waals surface area contributed by atoms with Crippen LogP contribution in [0.5, 0.6) is 0 Å². The number of benzene rings is 11. The van der Waals surface area contributed by atoms with Gasteiger partial charge in [-0.3, -0.25) is 0 Å². The van der Waals surface area contributed by atoms with E-state index in [1.165, 1.54) is 64.6 Å². The normalized spacial score (nSPS) is 11.7. The third-order valence-electron chi connectivity index (χ3n) is 11.1. The second-order valence-corrected chi connectivity index (χ2v) is 14.1. The van der Waals surface area contributed by atoms with Gasteiger partial charge in [0.15, 0.2) is 0 Å². The molecule has 0 aliphatic rings. The van der Waals surface area contributed by atoms with E-state index in [1.54, 1.807) is 0 Å². The molecular weight excluding hydrogens is 653 g/mol. The molecule has 0 N–H and O–H groups in total. The molecule has 0 aliphatic carbocycles. The number of nitrogens with zero attached hydrogens (tertiary/aromatic N) is 2. The fourth-order valence-corrected chi connectivity index (χ4v) is 8.77. The summed E-state index contributed by atoms with van der Waals surface area (Å²) < 4.78 is 0. The van der Waals surface area contributed by atoms with Crippen LogP contribution >= 0.6 is 0 Å². The van der Waals surface area contributed by atoms with Crippen molar-refractivity contribution in [2.45, 2.75) is 0 Å². The Balaban J connectivity index is 1.20. The topological polar surface area (TPSA) is 6.48 Å². The van der Waals surface area contributed by atoms with Crippen LogP contribution in [0, 0.1) is 0 Å². The van der Waals surface area contributed by atoms with Crippen LogP contribution in [-0.2, 0) is 0 Å². The first kappa shape index (κ1) is 30.5. The van der Waals surface area contributed by atoms with Crippen LogP contribution in [0.4, 0.5) is 34.1 Å². The average Bonchev–Trinajstić information content (AvgIpc) is 3.23. The molecule has 54 heavy (non-hydrogen) atoms. The second kappa shape index (κ2) is 12.2. The summed E-state index contributed by atoms with van der Waals surface area (Å²) in [6, 6.07) is 75.3. The standard InChI is InChI=1S/C52H34N2/c1-3-21-39(22-4-1)53(49-29-13-17-35-15-7-9-25-43(35)49)41-31-37-19-11-28-46-48-34-42(32-38-20-12-27-45(52(38)48)47(33-41)51(37)46)54(40-23-5-2-6-24-40)50-30-14-18-36-16-8-10-26-44(36)50/h1-34H. The Kier molecular flexibility index (Phi) is 6.90. The summed E-state index contributed by atoms with van der Waals surface area (Å²) in [6.07, 6.45) is 0. The number of fused-ring (bicyclic) bond motifs is 4. The molecule has 2 heteroatoms. The summed E-state index contributed by atoms with van der Waals surface area (Å²) in [5, 5.41) is 15.0. The molecule has 0 saturated heterocycles. The zero-order valence-electron chi connectivity index (χ0n) is 29.5. The molecule has 0 aliphatic heterocycles. The molecule has 0 atom stereocenters. The Morgan fingerprint density at radius 1 is 0.222 bits per heavy atom. The van der Waals surface area contributed by atoms with E-state index in [1.807, 2.05) is 0 Å². The minimum atomic E-state index is 1.13. The molecule has 11 rings (SSSR count). The van der Waals surface area contributed by atoms with Crippen molar-refractivity contribution < 1.29 is 0 Å². The van der Waals surface area contributed by atoms with E-state index in [9.17, 15) is 0 Å². The molecule has 2 nitrogen and oxygen atoms in total.